The number of benzene rings is 2. The molecule has 0 saturated carbocycles. The van der Waals surface area contributed by atoms with Crippen molar-refractivity contribution in [1.29, 1.82) is 0 Å². The van der Waals surface area contributed by atoms with Crippen LogP contribution in [-0.4, -0.2) is 36.3 Å². The number of aliphatic hydroxyl groups excluding tert-OH is 1. The van der Waals surface area contributed by atoms with E-state index in [1.165, 1.54) is 16.9 Å². The van der Waals surface area contributed by atoms with Crippen LogP contribution in [0, 0.1) is 0 Å². The topological polar surface area (TPSA) is 58.7 Å². The van der Waals surface area contributed by atoms with Crippen LogP contribution >= 0.6 is 22.9 Å². The Balaban J connectivity index is 1.59. The number of para-hydroxylation sites is 1. The number of likely N-dealkylation sites (N-methyl/N-ethyl adjacent to an activating group) is 1. The fourth-order valence-electron chi connectivity index (χ4n) is 2.98. The molecule has 142 valence electrons. The Bertz CT molecular complexity index is 884. The quantitative estimate of drug-likeness (QED) is 0.581. The first-order chi connectivity index (χ1) is 13.0. The fourth-order valence-corrected chi connectivity index (χ4v) is 3.83. The first-order valence-electron chi connectivity index (χ1n) is 8.69. The standard InChI is InChI=1S/C21H23ClN2O2S/c1-24(13-16(25)14-26-20-9-5-4-8-19(20)22)12-15-6-2-3-7-17(15)18-10-11-27-21(18)23/h2-11,16,25H,12-14,23H2,1H3. The number of hydrogen-bond donors (Lipinski definition) is 2. The maximum absolute atomic E-state index is 10.3. The van der Waals surface area contributed by atoms with Crippen molar-refractivity contribution in [1.82, 2.24) is 4.90 Å². The zero-order valence-electron chi connectivity index (χ0n) is 15.1. The van der Waals surface area contributed by atoms with E-state index in [4.69, 9.17) is 22.1 Å². The van der Waals surface area contributed by atoms with Crippen LogP contribution in [0.4, 0.5) is 5.00 Å². The number of ether oxygens (including phenoxy) is 1. The number of thiophene rings is 1. The van der Waals surface area contributed by atoms with Crippen molar-refractivity contribution in [3.05, 3.63) is 70.6 Å². The average molecular weight is 403 g/mol. The van der Waals surface area contributed by atoms with Crippen LogP contribution in [0.5, 0.6) is 5.75 Å². The molecule has 1 heterocycles. The van der Waals surface area contributed by atoms with Crippen LogP contribution in [0.3, 0.4) is 0 Å². The second kappa shape index (κ2) is 9.24. The summed E-state index contributed by atoms with van der Waals surface area (Å²) in [6.45, 7) is 1.37. The molecular weight excluding hydrogens is 380 g/mol. The molecule has 1 atom stereocenters. The number of aliphatic hydroxyl groups is 1. The van der Waals surface area contributed by atoms with Crippen molar-refractivity contribution in [3.63, 3.8) is 0 Å². The van der Waals surface area contributed by atoms with Gasteiger partial charge >= 0.3 is 0 Å². The van der Waals surface area contributed by atoms with Crippen molar-refractivity contribution in [3.8, 4) is 16.9 Å². The minimum absolute atomic E-state index is 0.188. The summed E-state index contributed by atoms with van der Waals surface area (Å²) in [5, 5.41) is 13.7. The SMILES string of the molecule is CN(Cc1ccccc1-c1ccsc1N)CC(O)COc1ccccc1Cl. The summed E-state index contributed by atoms with van der Waals surface area (Å²) < 4.78 is 5.62. The van der Waals surface area contributed by atoms with E-state index in [-0.39, 0.29) is 6.61 Å². The summed E-state index contributed by atoms with van der Waals surface area (Å²) >= 11 is 7.61. The molecule has 0 spiro atoms. The van der Waals surface area contributed by atoms with E-state index in [0.717, 1.165) is 16.1 Å². The highest BCUT2D eigenvalue weighted by Gasteiger charge is 2.14. The molecule has 0 bridgehead atoms. The van der Waals surface area contributed by atoms with Gasteiger partial charge in [-0.3, -0.25) is 4.90 Å². The molecular formula is C21H23ClN2O2S. The smallest absolute Gasteiger partial charge is 0.138 e. The third-order valence-electron chi connectivity index (χ3n) is 4.23. The lowest BCUT2D eigenvalue weighted by Crippen LogP contribution is -2.33. The maximum atomic E-state index is 10.3. The summed E-state index contributed by atoms with van der Waals surface area (Å²) in [6, 6.07) is 17.5. The Kier molecular flexibility index (Phi) is 6.74. The van der Waals surface area contributed by atoms with E-state index in [1.807, 2.05) is 42.8 Å². The Hall–Kier alpha value is -2.05. The van der Waals surface area contributed by atoms with Crippen molar-refractivity contribution >= 4 is 27.9 Å². The highest BCUT2D eigenvalue weighted by Crippen LogP contribution is 2.33. The molecule has 2 aromatic carbocycles. The summed E-state index contributed by atoms with van der Waals surface area (Å²) in [7, 11) is 1.98. The molecule has 1 aromatic heterocycles. The maximum Gasteiger partial charge on any atom is 0.138 e. The number of halogens is 1. The van der Waals surface area contributed by atoms with Crippen LogP contribution < -0.4 is 10.5 Å². The molecule has 0 aliphatic rings. The van der Waals surface area contributed by atoms with E-state index >= 15 is 0 Å². The van der Waals surface area contributed by atoms with Gasteiger partial charge in [0, 0.05) is 18.7 Å². The molecule has 0 saturated heterocycles. The summed E-state index contributed by atoms with van der Waals surface area (Å²) in [6.07, 6.45) is -0.621. The van der Waals surface area contributed by atoms with Crippen LogP contribution in [0.2, 0.25) is 5.02 Å². The summed E-state index contributed by atoms with van der Waals surface area (Å²) in [4.78, 5) is 2.07. The highest BCUT2D eigenvalue weighted by atomic mass is 35.5. The summed E-state index contributed by atoms with van der Waals surface area (Å²) in [5.41, 5.74) is 9.46. The minimum atomic E-state index is -0.621. The normalized spacial score (nSPS) is 12.3. The third-order valence-corrected chi connectivity index (χ3v) is 5.29. The molecule has 0 fully saturated rings. The van der Waals surface area contributed by atoms with E-state index in [0.29, 0.717) is 23.9 Å². The monoisotopic (exact) mass is 402 g/mol. The number of nitrogen functional groups attached to an aromatic ring is 1. The number of hydrogen-bond acceptors (Lipinski definition) is 5. The lowest BCUT2D eigenvalue weighted by Gasteiger charge is -2.22. The van der Waals surface area contributed by atoms with Gasteiger partial charge < -0.3 is 15.6 Å². The molecule has 27 heavy (non-hydrogen) atoms. The van der Waals surface area contributed by atoms with Gasteiger partial charge in [-0.05, 0) is 41.8 Å². The van der Waals surface area contributed by atoms with Crippen LogP contribution in [0.25, 0.3) is 11.1 Å². The van der Waals surface area contributed by atoms with Crippen molar-refractivity contribution < 1.29 is 9.84 Å². The number of nitrogens with two attached hydrogens (primary N) is 1. The number of rotatable bonds is 8. The average Bonchev–Trinajstić information content (AvgIpc) is 3.07. The molecule has 0 aliphatic heterocycles. The van der Waals surface area contributed by atoms with Gasteiger partial charge in [-0.2, -0.15) is 0 Å². The second-order valence-corrected chi connectivity index (χ2v) is 7.80. The zero-order chi connectivity index (χ0) is 19.2. The van der Waals surface area contributed by atoms with Crippen molar-refractivity contribution in [2.24, 2.45) is 0 Å². The Morgan fingerprint density at radius 2 is 1.85 bits per heavy atom. The molecule has 0 amide bonds. The van der Waals surface area contributed by atoms with E-state index in [1.54, 1.807) is 12.1 Å². The highest BCUT2D eigenvalue weighted by molar-refractivity contribution is 7.14. The first-order valence-corrected chi connectivity index (χ1v) is 9.95. The molecule has 1 unspecified atom stereocenters. The van der Waals surface area contributed by atoms with Crippen molar-refractivity contribution in [2.75, 3.05) is 25.9 Å². The predicted molar refractivity (Wildman–Crippen MR) is 113 cm³/mol. The second-order valence-electron chi connectivity index (χ2n) is 6.45. The van der Waals surface area contributed by atoms with Gasteiger partial charge in [-0.25, -0.2) is 0 Å². The fraction of sp³-hybridized carbons (Fsp3) is 0.238. The molecule has 0 radical (unpaired) electrons. The lowest BCUT2D eigenvalue weighted by atomic mass is 10.0. The zero-order valence-corrected chi connectivity index (χ0v) is 16.7. The van der Waals surface area contributed by atoms with Gasteiger partial charge in [0.05, 0.1) is 10.0 Å². The van der Waals surface area contributed by atoms with E-state index in [2.05, 4.69) is 17.0 Å². The molecule has 4 nitrogen and oxygen atoms in total. The van der Waals surface area contributed by atoms with Gasteiger partial charge in [-0.1, -0.05) is 48.0 Å². The molecule has 6 heteroatoms. The van der Waals surface area contributed by atoms with Gasteiger partial charge in [0.25, 0.3) is 0 Å². The molecule has 3 rings (SSSR count). The number of anilines is 1. The minimum Gasteiger partial charge on any atom is -0.489 e. The van der Waals surface area contributed by atoms with Crippen LogP contribution in [-0.2, 0) is 6.54 Å². The summed E-state index contributed by atoms with van der Waals surface area (Å²) in [5.74, 6) is 0.583. The Labute approximate surface area is 168 Å². The largest absolute Gasteiger partial charge is 0.489 e. The van der Waals surface area contributed by atoms with Crippen molar-refractivity contribution in [2.45, 2.75) is 12.6 Å². The Morgan fingerprint density at radius 3 is 2.59 bits per heavy atom. The van der Waals surface area contributed by atoms with E-state index in [9.17, 15) is 5.11 Å². The van der Waals surface area contributed by atoms with Gasteiger partial charge in [-0.15, -0.1) is 11.3 Å². The van der Waals surface area contributed by atoms with Crippen LogP contribution in [0.15, 0.2) is 60.0 Å². The van der Waals surface area contributed by atoms with Gasteiger partial charge in [0.2, 0.25) is 0 Å². The first kappa shape index (κ1) is 19.7. The van der Waals surface area contributed by atoms with Gasteiger partial charge in [0.15, 0.2) is 0 Å². The number of nitrogens with zero attached hydrogens (tertiary/aromatic N) is 1. The Morgan fingerprint density at radius 1 is 1.11 bits per heavy atom. The molecule has 3 aromatic rings. The molecule has 3 N–H and O–H groups in total. The van der Waals surface area contributed by atoms with E-state index < -0.39 is 6.10 Å². The molecule has 0 aliphatic carbocycles. The van der Waals surface area contributed by atoms with Crippen LogP contribution in [0.1, 0.15) is 5.56 Å². The lowest BCUT2D eigenvalue weighted by molar-refractivity contribution is 0.0745. The third kappa shape index (κ3) is 5.23. The predicted octanol–water partition coefficient (Wildman–Crippen LogP) is 4.52. The van der Waals surface area contributed by atoms with Gasteiger partial charge in [0.1, 0.15) is 18.5 Å².